The Bertz CT molecular complexity index is 834. The summed E-state index contributed by atoms with van der Waals surface area (Å²) in [6.45, 7) is 3.82. The maximum absolute atomic E-state index is 12.7. The van der Waals surface area contributed by atoms with E-state index in [1.165, 1.54) is 4.90 Å². The largest absolute Gasteiger partial charge is 0.354 e. The van der Waals surface area contributed by atoms with Gasteiger partial charge in [-0.15, -0.1) is 0 Å². The number of nitrogens with zero attached hydrogens (tertiary/aromatic N) is 2. The predicted octanol–water partition coefficient (Wildman–Crippen LogP) is 2.51. The molecule has 1 atom stereocenters. The lowest BCUT2D eigenvalue weighted by Gasteiger charge is -2.19. The number of aryl methyl sites for hydroxylation is 1. The fourth-order valence-electron chi connectivity index (χ4n) is 3.10. The Kier molecular flexibility index (Phi) is 5.54. The molecule has 1 aliphatic heterocycles. The Morgan fingerprint density at radius 3 is 2.37 bits per heavy atom. The first kappa shape index (κ1) is 18.6. The van der Waals surface area contributed by atoms with Crippen LogP contribution in [-0.4, -0.2) is 41.9 Å². The molecule has 2 aromatic carbocycles. The van der Waals surface area contributed by atoms with Gasteiger partial charge >= 0.3 is 6.03 Å². The van der Waals surface area contributed by atoms with Crippen molar-refractivity contribution in [3.8, 4) is 0 Å². The van der Waals surface area contributed by atoms with Crippen LogP contribution in [0.1, 0.15) is 18.1 Å². The van der Waals surface area contributed by atoms with Gasteiger partial charge in [0.05, 0.1) is 0 Å². The van der Waals surface area contributed by atoms with Gasteiger partial charge in [0.1, 0.15) is 12.6 Å². The summed E-state index contributed by atoms with van der Waals surface area (Å²) < 4.78 is 0. The van der Waals surface area contributed by atoms with Crippen LogP contribution in [-0.2, 0) is 16.0 Å². The first-order valence-electron chi connectivity index (χ1n) is 8.99. The Morgan fingerprint density at radius 1 is 1.04 bits per heavy atom. The van der Waals surface area contributed by atoms with Crippen molar-refractivity contribution in [1.29, 1.82) is 0 Å². The third-order valence-corrected chi connectivity index (χ3v) is 4.64. The van der Waals surface area contributed by atoms with Crippen LogP contribution in [0.3, 0.4) is 0 Å². The number of amides is 4. The summed E-state index contributed by atoms with van der Waals surface area (Å²) in [4.78, 5) is 39.8. The minimum absolute atomic E-state index is 0.265. The second kappa shape index (κ2) is 8.03. The van der Waals surface area contributed by atoms with Gasteiger partial charge in [-0.2, -0.15) is 0 Å². The number of hydrogen-bond acceptors (Lipinski definition) is 3. The number of nitrogens with one attached hydrogen (secondary N) is 1. The molecule has 0 bridgehead atoms. The molecular weight excluding hydrogens is 342 g/mol. The minimum atomic E-state index is -0.627. The van der Waals surface area contributed by atoms with Gasteiger partial charge < -0.3 is 5.32 Å². The molecule has 1 N–H and O–H groups in total. The van der Waals surface area contributed by atoms with E-state index < -0.39 is 12.1 Å². The van der Waals surface area contributed by atoms with Crippen LogP contribution < -0.4 is 10.2 Å². The number of carbonyl (C=O) groups is 3. The Balaban J connectivity index is 1.59. The van der Waals surface area contributed by atoms with Crippen LogP contribution in [0.2, 0.25) is 0 Å². The zero-order valence-electron chi connectivity index (χ0n) is 15.5. The van der Waals surface area contributed by atoms with E-state index in [-0.39, 0.29) is 18.4 Å². The van der Waals surface area contributed by atoms with Crippen LogP contribution in [0.5, 0.6) is 0 Å². The lowest BCUT2D eigenvalue weighted by Crippen LogP contribution is -2.42. The fraction of sp³-hybridized carbons (Fsp3) is 0.286. The molecule has 0 aromatic heterocycles. The maximum Gasteiger partial charge on any atom is 0.332 e. The highest BCUT2D eigenvalue weighted by Crippen LogP contribution is 2.25. The molecule has 1 fully saturated rings. The van der Waals surface area contributed by atoms with E-state index in [4.69, 9.17) is 0 Å². The number of anilines is 1. The van der Waals surface area contributed by atoms with Crippen molar-refractivity contribution >= 4 is 23.5 Å². The Labute approximate surface area is 158 Å². The molecular formula is C21H23N3O3. The van der Waals surface area contributed by atoms with Crippen molar-refractivity contribution in [3.63, 3.8) is 0 Å². The van der Waals surface area contributed by atoms with E-state index >= 15 is 0 Å². The highest BCUT2D eigenvalue weighted by molar-refractivity contribution is 6.15. The summed E-state index contributed by atoms with van der Waals surface area (Å²) in [6, 6.07) is 16.1. The SMILES string of the molecule is Cc1ccc(N2C(=O)N(CC(=O)NCCc3ccccc3)C(=O)[C@H]2C)cc1. The highest BCUT2D eigenvalue weighted by atomic mass is 16.2. The summed E-state index contributed by atoms with van der Waals surface area (Å²) in [5.41, 5.74) is 2.84. The molecule has 3 rings (SSSR count). The van der Waals surface area contributed by atoms with Crippen LogP contribution in [0, 0.1) is 6.92 Å². The molecule has 0 spiro atoms. The standard InChI is InChI=1S/C21H23N3O3/c1-15-8-10-18(11-9-15)24-16(2)20(26)23(21(24)27)14-19(25)22-13-12-17-6-4-3-5-7-17/h3-11,16H,12-14H2,1-2H3,(H,22,25)/t16-/m1/s1. The van der Waals surface area contributed by atoms with Crippen molar-refractivity contribution in [2.75, 3.05) is 18.0 Å². The van der Waals surface area contributed by atoms with Crippen molar-refractivity contribution in [2.45, 2.75) is 26.3 Å². The summed E-state index contributed by atoms with van der Waals surface area (Å²) in [7, 11) is 0. The molecule has 1 heterocycles. The van der Waals surface area contributed by atoms with Gasteiger partial charge in [-0.3, -0.25) is 19.4 Å². The van der Waals surface area contributed by atoms with Crippen molar-refractivity contribution in [1.82, 2.24) is 10.2 Å². The molecule has 0 radical (unpaired) electrons. The van der Waals surface area contributed by atoms with E-state index in [9.17, 15) is 14.4 Å². The van der Waals surface area contributed by atoms with Crippen molar-refractivity contribution < 1.29 is 14.4 Å². The monoisotopic (exact) mass is 365 g/mol. The van der Waals surface area contributed by atoms with Gasteiger partial charge in [-0.05, 0) is 38.0 Å². The van der Waals surface area contributed by atoms with Crippen molar-refractivity contribution in [3.05, 3.63) is 65.7 Å². The third kappa shape index (κ3) is 4.16. The Hall–Kier alpha value is -3.15. The van der Waals surface area contributed by atoms with E-state index in [1.54, 1.807) is 19.1 Å². The molecule has 27 heavy (non-hydrogen) atoms. The summed E-state index contributed by atoms with van der Waals surface area (Å²) in [6.07, 6.45) is 0.695. The molecule has 0 unspecified atom stereocenters. The van der Waals surface area contributed by atoms with E-state index in [1.807, 2.05) is 49.4 Å². The molecule has 2 aromatic rings. The van der Waals surface area contributed by atoms with E-state index in [0.717, 1.165) is 16.0 Å². The highest BCUT2D eigenvalue weighted by Gasteiger charge is 2.43. The summed E-state index contributed by atoms with van der Waals surface area (Å²) in [5.74, 6) is -0.704. The van der Waals surface area contributed by atoms with Gasteiger partial charge in [0.25, 0.3) is 5.91 Å². The second-order valence-corrected chi connectivity index (χ2v) is 6.67. The zero-order valence-corrected chi connectivity index (χ0v) is 15.5. The molecule has 140 valence electrons. The maximum atomic E-state index is 12.7. The number of imide groups is 1. The molecule has 6 heteroatoms. The Morgan fingerprint density at radius 2 is 1.70 bits per heavy atom. The molecule has 1 aliphatic rings. The number of carbonyl (C=O) groups excluding carboxylic acids is 3. The summed E-state index contributed by atoms with van der Waals surface area (Å²) in [5, 5.41) is 2.77. The van der Waals surface area contributed by atoms with Crippen LogP contribution in [0.4, 0.5) is 10.5 Å². The summed E-state index contributed by atoms with van der Waals surface area (Å²) >= 11 is 0. The lowest BCUT2D eigenvalue weighted by atomic mass is 10.1. The van der Waals surface area contributed by atoms with Crippen LogP contribution in [0.25, 0.3) is 0 Å². The van der Waals surface area contributed by atoms with Crippen LogP contribution >= 0.6 is 0 Å². The first-order chi connectivity index (χ1) is 13.0. The number of rotatable bonds is 6. The average molecular weight is 365 g/mol. The van der Waals surface area contributed by atoms with Crippen molar-refractivity contribution in [2.24, 2.45) is 0 Å². The molecule has 4 amide bonds. The van der Waals surface area contributed by atoms with Gasteiger partial charge in [0.15, 0.2) is 0 Å². The minimum Gasteiger partial charge on any atom is -0.354 e. The fourth-order valence-corrected chi connectivity index (χ4v) is 3.10. The van der Waals surface area contributed by atoms with Gasteiger partial charge in [0, 0.05) is 12.2 Å². The van der Waals surface area contributed by atoms with E-state index in [2.05, 4.69) is 5.32 Å². The third-order valence-electron chi connectivity index (χ3n) is 4.64. The number of hydrogen-bond donors (Lipinski definition) is 1. The quantitative estimate of drug-likeness (QED) is 0.800. The van der Waals surface area contributed by atoms with Gasteiger partial charge in [-0.25, -0.2) is 4.79 Å². The average Bonchev–Trinajstić information content (AvgIpc) is 2.87. The molecule has 0 aliphatic carbocycles. The van der Waals surface area contributed by atoms with Gasteiger partial charge in [0.2, 0.25) is 5.91 Å². The predicted molar refractivity (Wildman–Crippen MR) is 103 cm³/mol. The topological polar surface area (TPSA) is 69.7 Å². The normalized spacial score (nSPS) is 16.7. The van der Waals surface area contributed by atoms with Crippen LogP contribution in [0.15, 0.2) is 54.6 Å². The lowest BCUT2D eigenvalue weighted by molar-refractivity contribution is -0.131. The van der Waals surface area contributed by atoms with Gasteiger partial charge in [-0.1, -0.05) is 48.0 Å². The molecule has 6 nitrogen and oxygen atoms in total. The molecule has 0 saturated carbocycles. The molecule has 1 saturated heterocycles. The smallest absolute Gasteiger partial charge is 0.332 e. The number of urea groups is 1. The zero-order chi connectivity index (χ0) is 19.4. The van der Waals surface area contributed by atoms with E-state index in [0.29, 0.717) is 18.7 Å². The number of benzene rings is 2. The second-order valence-electron chi connectivity index (χ2n) is 6.67. The first-order valence-corrected chi connectivity index (χ1v) is 8.99.